The average Bonchev–Trinajstić information content (AvgIpc) is 2.65. The van der Waals surface area contributed by atoms with Crippen molar-refractivity contribution in [2.45, 2.75) is 31.7 Å². The van der Waals surface area contributed by atoms with Gasteiger partial charge in [-0.2, -0.15) is 21.2 Å². The highest BCUT2D eigenvalue weighted by Crippen LogP contribution is 2.24. The van der Waals surface area contributed by atoms with E-state index in [0.29, 0.717) is 35.9 Å². The van der Waals surface area contributed by atoms with Crippen molar-refractivity contribution >= 4 is 21.8 Å². The SMILES string of the molecule is CCNCc1n[nH]c(C)c1S(=O)(=O)N1CCCSCC1. The van der Waals surface area contributed by atoms with Crippen molar-refractivity contribution in [2.75, 3.05) is 31.1 Å². The highest BCUT2D eigenvalue weighted by atomic mass is 32.2. The number of aryl methyl sites for hydroxylation is 1. The molecule has 1 aromatic rings. The first kappa shape index (κ1) is 15.8. The molecule has 0 amide bonds. The zero-order chi connectivity index (χ0) is 14.6. The number of thioether (sulfide) groups is 1. The zero-order valence-corrected chi connectivity index (χ0v) is 13.6. The molecule has 0 unspecified atom stereocenters. The molecule has 1 saturated heterocycles. The highest BCUT2D eigenvalue weighted by Gasteiger charge is 2.30. The van der Waals surface area contributed by atoms with Gasteiger partial charge >= 0.3 is 0 Å². The van der Waals surface area contributed by atoms with E-state index in [1.165, 1.54) is 0 Å². The lowest BCUT2D eigenvalue weighted by molar-refractivity contribution is 0.433. The van der Waals surface area contributed by atoms with E-state index in [1.54, 1.807) is 11.2 Å². The molecule has 8 heteroatoms. The van der Waals surface area contributed by atoms with E-state index in [4.69, 9.17) is 0 Å². The largest absolute Gasteiger partial charge is 0.311 e. The van der Waals surface area contributed by atoms with Crippen molar-refractivity contribution in [1.29, 1.82) is 0 Å². The predicted molar refractivity (Wildman–Crippen MR) is 81.4 cm³/mol. The lowest BCUT2D eigenvalue weighted by Crippen LogP contribution is -2.34. The Kier molecular flexibility index (Phi) is 5.48. The van der Waals surface area contributed by atoms with E-state index in [1.807, 2.05) is 18.7 Å². The highest BCUT2D eigenvalue weighted by molar-refractivity contribution is 7.99. The van der Waals surface area contributed by atoms with Gasteiger partial charge in [0.05, 0.1) is 11.4 Å². The van der Waals surface area contributed by atoms with Gasteiger partial charge in [0.2, 0.25) is 10.0 Å². The fraction of sp³-hybridized carbons (Fsp3) is 0.750. The third-order valence-corrected chi connectivity index (χ3v) is 6.43. The third-order valence-electron chi connectivity index (χ3n) is 3.28. The van der Waals surface area contributed by atoms with Gasteiger partial charge in [-0.3, -0.25) is 5.10 Å². The smallest absolute Gasteiger partial charge is 0.246 e. The molecule has 0 spiro atoms. The first-order chi connectivity index (χ1) is 9.57. The fourth-order valence-corrected chi connectivity index (χ4v) is 5.08. The first-order valence-electron chi connectivity index (χ1n) is 6.89. The fourth-order valence-electron chi connectivity index (χ4n) is 2.27. The van der Waals surface area contributed by atoms with Crippen LogP contribution in [0.5, 0.6) is 0 Å². The van der Waals surface area contributed by atoms with Gasteiger partial charge in [0.15, 0.2) is 0 Å². The zero-order valence-electron chi connectivity index (χ0n) is 12.0. The van der Waals surface area contributed by atoms with Crippen LogP contribution in [0.3, 0.4) is 0 Å². The van der Waals surface area contributed by atoms with Crippen molar-refractivity contribution in [3.05, 3.63) is 11.4 Å². The van der Waals surface area contributed by atoms with Crippen LogP contribution in [-0.4, -0.2) is 54.1 Å². The van der Waals surface area contributed by atoms with Gasteiger partial charge in [-0.05, 0) is 25.6 Å². The van der Waals surface area contributed by atoms with Gasteiger partial charge in [0.1, 0.15) is 4.90 Å². The summed E-state index contributed by atoms with van der Waals surface area (Å²) in [7, 11) is -3.45. The van der Waals surface area contributed by atoms with Gasteiger partial charge < -0.3 is 5.32 Å². The number of H-pyrrole nitrogens is 1. The Morgan fingerprint density at radius 2 is 2.20 bits per heavy atom. The molecule has 0 bridgehead atoms. The average molecular weight is 318 g/mol. The third kappa shape index (κ3) is 3.36. The molecule has 20 heavy (non-hydrogen) atoms. The van der Waals surface area contributed by atoms with E-state index < -0.39 is 10.0 Å². The summed E-state index contributed by atoms with van der Waals surface area (Å²) in [6, 6.07) is 0. The van der Waals surface area contributed by atoms with Crippen molar-refractivity contribution in [1.82, 2.24) is 19.8 Å². The second kappa shape index (κ2) is 6.93. The molecule has 0 atom stereocenters. The van der Waals surface area contributed by atoms with Gasteiger partial charge in [-0.25, -0.2) is 8.42 Å². The Balaban J connectivity index is 2.30. The molecule has 0 radical (unpaired) electrons. The van der Waals surface area contributed by atoms with Gasteiger partial charge in [-0.1, -0.05) is 6.92 Å². The molecule has 2 N–H and O–H groups in total. The Morgan fingerprint density at radius 1 is 1.40 bits per heavy atom. The molecule has 1 aromatic heterocycles. The summed E-state index contributed by atoms with van der Waals surface area (Å²) in [6.07, 6.45) is 0.906. The van der Waals surface area contributed by atoms with Crippen LogP contribution in [0.15, 0.2) is 4.90 Å². The van der Waals surface area contributed by atoms with Gasteiger partial charge in [-0.15, -0.1) is 0 Å². The molecule has 0 saturated carbocycles. The second-order valence-corrected chi connectivity index (χ2v) is 7.87. The van der Waals surface area contributed by atoms with E-state index >= 15 is 0 Å². The summed E-state index contributed by atoms with van der Waals surface area (Å²) in [6.45, 7) is 6.18. The van der Waals surface area contributed by atoms with E-state index in [9.17, 15) is 8.42 Å². The maximum Gasteiger partial charge on any atom is 0.246 e. The summed E-state index contributed by atoms with van der Waals surface area (Å²) >= 11 is 1.81. The molecule has 1 aliphatic rings. The van der Waals surface area contributed by atoms with Crippen molar-refractivity contribution in [3.63, 3.8) is 0 Å². The summed E-state index contributed by atoms with van der Waals surface area (Å²) in [4.78, 5) is 0.352. The number of sulfonamides is 1. The lowest BCUT2D eigenvalue weighted by Gasteiger charge is -2.20. The molecule has 0 aromatic carbocycles. The molecule has 2 heterocycles. The standard InChI is InChI=1S/C12H22N4O2S2/c1-3-13-9-11-12(10(2)14-15-11)20(17,18)16-5-4-7-19-8-6-16/h13H,3-9H2,1-2H3,(H,14,15). The summed E-state index contributed by atoms with van der Waals surface area (Å²) < 4.78 is 27.3. The first-order valence-corrected chi connectivity index (χ1v) is 9.49. The van der Waals surface area contributed by atoms with Gasteiger partial charge in [0.25, 0.3) is 0 Å². The Morgan fingerprint density at radius 3 is 2.95 bits per heavy atom. The molecular formula is C12H22N4O2S2. The topological polar surface area (TPSA) is 78.1 Å². The molecule has 1 aliphatic heterocycles. The number of aromatic nitrogens is 2. The number of nitrogens with zero attached hydrogens (tertiary/aromatic N) is 2. The number of hydrogen-bond acceptors (Lipinski definition) is 5. The van der Waals surface area contributed by atoms with E-state index in [0.717, 1.165) is 24.5 Å². The molecule has 6 nitrogen and oxygen atoms in total. The number of hydrogen-bond donors (Lipinski definition) is 2. The van der Waals surface area contributed by atoms with E-state index in [-0.39, 0.29) is 0 Å². The minimum atomic E-state index is -3.45. The van der Waals surface area contributed by atoms with Crippen molar-refractivity contribution in [3.8, 4) is 0 Å². The van der Waals surface area contributed by atoms with E-state index in [2.05, 4.69) is 15.5 Å². The van der Waals surface area contributed by atoms with Crippen LogP contribution in [0.4, 0.5) is 0 Å². The summed E-state index contributed by atoms with van der Waals surface area (Å²) in [5.41, 5.74) is 1.20. The Bertz CT molecular complexity index is 534. The number of nitrogens with one attached hydrogen (secondary N) is 2. The Hall–Kier alpha value is -0.570. The molecule has 1 fully saturated rings. The number of aromatic amines is 1. The van der Waals surface area contributed by atoms with Crippen LogP contribution in [0, 0.1) is 6.92 Å². The lowest BCUT2D eigenvalue weighted by atomic mass is 10.3. The van der Waals surface area contributed by atoms with Crippen LogP contribution in [0.25, 0.3) is 0 Å². The van der Waals surface area contributed by atoms with Gasteiger partial charge in [0, 0.05) is 25.4 Å². The monoisotopic (exact) mass is 318 g/mol. The quantitative estimate of drug-likeness (QED) is 0.845. The van der Waals surface area contributed by atoms with Crippen LogP contribution >= 0.6 is 11.8 Å². The van der Waals surface area contributed by atoms with Crippen LogP contribution in [0.2, 0.25) is 0 Å². The Labute approximate surface area is 124 Å². The minimum Gasteiger partial charge on any atom is -0.311 e. The maximum absolute atomic E-state index is 12.8. The van der Waals surface area contributed by atoms with Crippen LogP contribution < -0.4 is 5.32 Å². The second-order valence-electron chi connectivity index (χ2n) is 4.77. The molecule has 0 aliphatic carbocycles. The van der Waals surface area contributed by atoms with Crippen molar-refractivity contribution < 1.29 is 8.42 Å². The predicted octanol–water partition coefficient (Wildman–Crippen LogP) is 0.955. The normalized spacial score (nSPS) is 18.1. The molecule has 2 rings (SSSR count). The summed E-state index contributed by atoms with van der Waals surface area (Å²) in [5.74, 6) is 1.89. The summed E-state index contributed by atoms with van der Waals surface area (Å²) in [5, 5.41) is 10.1. The number of rotatable bonds is 5. The molecular weight excluding hydrogens is 296 g/mol. The minimum absolute atomic E-state index is 0.352. The maximum atomic E-state index is 12.8. The van der Waals surface area contributed by atoms with Crippen LogP contribution in [0.1, 0.15) is 24.7 Å². The van der Waals surface area contributed by atoms with Crippen LogP contribution in [-0.2, 0) is 16.6 Å². The van der Waals surface area contributed by atoms with Crippen molar-refractivity contribution in [2.24, 2.45) is 0 Å². The molecule has 114 valence electrons.